The minimum Gasteiger partial charge on any atom is -0.494 e. The summed E-state index contributed by atoms with van der Waals surface area (Å²) in [7, 11) is 1.36. The molecule has 1 aliphatic heterocycles. The summed E-state index contributed by atoms with van der Waals surface area (Å²) in [4.78, 5) is 28.9. The number of hydrogen-bond donors (Lipinski definition) is 1. The maximum Gasteiger partial charge on any atom is 0.270 e. The Balaban J connectivity index is 2.06. The number of non-ortho nitro benzene ring substituents is 1. The molecule has 3 aromatic rings. The Kier molecular flexibility index (Phi) is 4.75. The predicted molar refractivity (Wildman–Crippen MR) is 105 cm³/mol. The van der Waals surface area contributed by atoms with Crippen molar-refractivity contribution in [3.8, 4) is 11.4 Å². The first kappa shape index (κ1) is 19.0. The van der Waals surface area contributed by atoms with Crippen molar-refractivity contribution >= 4 is 16.6 Å². The van der Waals surface area contributed by atoms with Crippen LogP contribution in [0.2, 0.25) is 0 Å². The quantitative estimate of drug-likeness (QED) is 0.536. The van der Waals surface area contributed by atoms with E-state index < -0.39 is 16.3 Å². The number of halogens is 1. The molecule has 4 rings (SSSR count). The van der Waals surface area contributed by atoms with Crippen molar-refractivity contribution in [2.45, 2.75) is 19.3 Å². The van der Waals surface area contributed by atoms with Gasteiger partial charge in [0.05, 0.1) is 28.6 Å². The van der Waals surface area contributed by atoms with Gasteiger partial charge < -0.3 is 10.1 Å². The first-order chi connectivity index (χ1) is 13.9. The van der Waals surface area contributed by atoms with Gasteiger partial charge in [0.15, 0.2) is 11.6 Å². The van der Waals surface area contributed by atoms with E-state index >= 15 is 0 Å². The van der Waals surface area contributed by atoms with Crippen molar-refractivity contribution < 1.29 is 14.1 Å². The fraction of sp³-hybridized carbons (Fsp3) is 0.300. The number of nitrogens with zero attached hydrogens (tertiary/aromatic N) is 3. The molecule has 0 radical (unpaired) electrons. The van der Waals surface area contributed by atoms with Gasteiger partial charge in [-0.25, -0.2) is 9.37 Å². The maximum atomic E-state index is 14.4. The second-order valence-electron chi connectivity index (χ2n) is 7.04. The lowest BCUT2D eigenvalue weighted by Crippen LogP contribution is -2.27. The molecule has 8 nitrogen and oxygen atoms in total. The van der Waals surface area contributed by atoms with Gasteiger partial charge in [-0.05, 0) is 37.6 Å². The number of hydrogen-bond acceptors (Lipinski definition) is 6. The van der Waals surface area contributed by atoms with Gasteiger partial charge >= 0.3 is 0 Å². The molecule has 9 heteroatoms. The average molecular weight is 398 g/mol. The summed E-state index contributed by atoms with van der Waals surface area (Å²) in [5.41, 5.74) is 0.623. The van der Waals surface area contributed by atoms with Crippen molar-refractivity contribution in [1.82, 2.24) is 14.9 Å². The van der Waals surface area contributed by atoms with Crippen LogP contribution in [0, 0.1) is 22.9 Å². The third-order valence-corrected chi connectivity index (χ3v) is 5.20. The zero-order valence-corrected chi connectivity index (χ0v) is 15.9. The lowest BCUT2D eigenvalue weighted by atomic mass is 10.1. The Hall–Kier alpha value is -3.33. The highest BCUT2D eigenvalue weighted by Gasteiger charge is 2.26. The number of nitro benzene ring substituents is 1. The third kappa shape index (κ3) is 3.23. The smallest absolute Gasteiger partial charge is 0.270 e. The molecule has 0 spiro atoms. The Morgan fingerprint density at radius 1 is 1.34 bits per heavy atom. The van der Waals surface area contributed by atoms with E-state index in [4.69, 9.17) is 9.72 Å². The molecule has 1 atom stereocenters. The van der Waals surface area contributed by atoms with E-state index in [1.807, 2.05) is 0 Å². The molecule has 1 saturated heterocycles. The van der Waals surface area contributed by atoms with Crippen LogP contribution < -0.4 is 15.6 Å². The summed E-state index contributed by atoms with van der Waals surface area (Å²) in [6.45, 7) is 3.12. The second kappa shape index (κ2) is 7.25. The largest absolute Gasteiger partial charge is 0.494 e. The number of aryl methyl sites for hydroxylation is 1. The zero-order chi connectivity index (χ0) is 20.7. The molecule has 29 heavy (non-hydrogen) atoms. The van der Waals surface area contributed by atoms with E-state index in [9.17, 15) is 19.3 Å². The molecule has 1 fully saturated rings. The van der Waals surface area contributed by atoms with Crippen LogP contribution in [0.5, 0.6) is 5.75 Å². The molecule has 1 aromatic heterocycles. The Morgan fingerprint density at radius 2 is 2.14 bits per heavy atom. The van der Waals surface area contributed by atoms with Gasteiger partial charge in [-0.1, -0.05) is 0 Å². The van der Waals surface area contributed by atoms with Gasteiger partial charge in [-0.15, -0.1) is 0 Å². The lowest BCUT2D eigenvalue weighted by Gasteiger charge is -2.18. The normalized spacial score (nSPS) is 16.3. The van der Waals surface area contributed by atoms with Crippen LogP contribution in [0.3, 0.4) is 0 Å². The van der Waals surface area contributed by atoms with Crippen LogP contribution >= 0.6 is 0 Å². The summed E-state index contributed by atoms with van der Waals surface area (Å²) in [5, 5.41) is 14.6. The van der Waals surface area contributed by atoms with Crippen LogP contribution in [0.15, 0.2) is 35.1 Å². The van der Waals surface area contributed by atoms with Gasteiger partial charge in [-0.3, -0.25) is 19.5 Å². The maximum absolute atomic E-state index is 14.4. The van der Waals surface area contributed by atoms with E-state index in [1.54, 1.807) is 13.0 Å². The summed E-state index contributed by atoms with van der Waals surface area (Å²) >= 11 is 0. The molecule has 0 bridgehead atoms. The van der Waals surface area contributed by atoms with Crippen LogP contribution in [0.1, 0.15) is 23.7 Å². The van der Waals surface area contributed by atoms with Gasteiger partial charge in [-0.2, -0.15) is 0 Å². The van der Waals surface area contributed by atoms with E-state index in [0.29, 0.717) is 29.1 Å². The molecule has 2 heterocycles. The van der Waals surface area contributed by atoms with Gasteiger partial charge in [0.2, 0.25) is 0 Å². The lowest BCUT2D eigenvalue weighted by molar-refractivity contribution is -0.384. The summed E-state index contributed by atoms with van der Waals surface area (Å²) in [6.07, 6.45) is 0.780. The number of methoxy groups -OCH3 is 1. The molecule has 1 aliphatic rings. The molecular formula is C20H19FN4O4. The van der Waals surface area contributed by atoms with Crippen LogP contribution in [-0.2, 0) is 0 Å². The topological polar surface area (TPSA) is 99.3 Å². The third-order valence-electron chi connectivity index (χ3n) is 5.20. The van der Waals surface area contributed by atoms with Crippen molar-refractivity contribution in [3.05, 3.63) is 68.0 Å². The summed E-state index contributed by atoms with van der Waals surface area (Å²) < 4.78 is 20.7. The minimum absolute atomic E-state index is 0.0353. The standard InChI is InChI=1S/C20H19FN4O4/c1-11-7-14(25(27)28)8-15-18(11)23-19(12-5-6-22-10-12)24(20(15)26)13-3-4-17(29-2)16(21)9-13/h3-4,7-9,12,22H,5-6,10H2,1-2H3/t12-/m0/s1. The SMILES string of the molecule is COc1ccc(-n2c([C@H]3CCNC3)nc3c(C)cc([N+](=O)[O-])cc3c2=O)cc1F. The van der Waals surface area contributed by atoms with Crippen LogP contribution in [0.4, 0.5) is 10.1 Å². The molecule has 1 N–H and O–H groups in total. The molecule has 0 aliphatic carbocycles. The van der Waals surface area contributed by atoms with Gasteiger partial charge in [0, 0.05) is 30.7 Å². The highest BCUT2D eigenvalue weighted by molar-refractivity contribution is 5.84. The van der Waals surface area contributed by atoms with E-state index in [2.05, 4.69) is 5.32 Å². The predicted octanol–water partition coefficient (Wildman–Crippen LogP) is 2.83. The van der Waals surface area contributed by atoms with Crippen molar-refractivity contribution in [1.29, 1.82) is 0 Å². The molecule has 0 saturated carbocycles. The first-order valence-corrected chi connectivity index (χ1v) is 9.17. The number of nitro groups is 1. The molecular weight excluding hydrogens is 379 g/mol. The van der Waals surface area contributed by atoms with E-state index in [-0.39, 0.29) is 22.7 Å². The van der Waals surface area contributed by atoms with Crippen molar-refractivity contribution in [2.24, 2.45) is 0 Å². The number of nitrogens with one attached hydrogen (secondary N) is 1. The summed E-state index contributed by atoms with van der Waals surface area (Å²) in [6, 6.07) is 6.86. The molecule has 2 aromatic carbocycles. The number of aromatic nitrogens is 2. The van der Waals surface area contributed by atoms with Crippen molar-refractivity contribution in [2.75, 3.05) is 20.2 Å². The fourth-order valence-electron chi connectivity index (χ4n) is 3.76. The monoisotopic (exact) mass is 398 g/mol. The van der Waals surface area contributed by atoms with Gasteiger partial charge in [0.1, 0.15) is 5.82 Å². The number of rotatable bonds is 4. The Bertz CT molecular complexity index is 1190. The Morgan fingerprint density at radius 3 is 2.76 bits per heavy atom. The first-order valence-electron chi connectivity index (χ1n) is 9.17. The summed E-state index contributed by atoms with van der Waals surface area (Å²) in [5.74, 6) is -0.0743. The minimum atomic E-state index is -0.609. The molecule has 0 unspecified atom stereocenters. The van der Waals surface area contributed by atoms with Gasteiger partial charge in [0.25, 0.3) is 11.2 Å². The van der Waals surface area contributed by atoms with E-state index in [0.717, 1.165) is 13.0 Å². The zero-order valence-electron chi connectivity index (χ0n) is 15.9. The Labute approximate surface area is 165 Å². The van der Waals surface area contributed by atoms with E-state index in [1.165, 1.54) is 35.9 Å². The second-order valence-corrected chi connectivity index (χ2v) is 7.04. The molecule has 150 valence electrons. The van der Waals surface area contributed by atoms with Crippen LogP contribution in [-0.4, -0.2) is 34.7 Å². The number of ether oxygens (including phenoxy) is 1. The molecule has 0 amide bonds. The fourth-order valence-corrected chi connectivity index (χ4v) is 3.76. The number of benzene rings is 2. The number of fused-ring (bicyclic) bond motifs is 1. The average Bonchev–Trinajstić information content (AvgIpc) is 3.22. The highest BCUT2D eigenvalue weighted by Crippen LogP contribution is 2.28. The van der Waals surface area contributed by atoms with Crippen molar-refractivity contribution in [3.63, 3.8) is 0 Å². The van der Waals surface area contributed by atoms with Crippen LogP contribution in [0.25, 0.3) is 16.6 Å². The highest BCUT2D eigenvalue weighted by atomic mass is 19.1.